The molecule has 0 saturated carbocycles. The number of nitrogens with zero attached hydrogens (tertiary/aromatic N) is 1. The SMILES string of the molecule is COc1ccc([C@@H](O)C(=O)NCc2cccc(CN3CCCC3)c2)cc1. The van der Waals surface area contributed by atoms with Gasteiger partial charge in [-0.2, -0.15) is 0 Å². The zero-order chi connectivity index (χ0) is 18.4. The molecule has 1 amide bonds. The van der Waals surface area contributed by atoms with Crippen LogP contribution in [0.1, 0.15) is 35.6 Å². The smallest absolute Gasteiger partial charge is 0.253 e. The summed E-state index contributed by atoms with van der Waals surface area (Å²) in [6, 6.07) is 15.1. The van der Waals surface area contributed by atoms with Crippen LogP contribution in [0.4, 0.5) is 0 Å². The van der Waals surface area contributed by atoms with Crippen LogP contribution in [0.15, 0.2) is 48.5 Å². The standard InChI is InChI=1S/C21H26N2O3/c1-26-19-9-7-18(8-10-19)20(24)21(25)22-14-16-5-4-6-17(13-16)15-23-11-2-3-12-23/h4-10,13,20,24H,2-3,11-12,14-15H2,1H3,(H,22,25)/t20-/m1/s1. The van der Waals surface area contributed by atoms with Crippen molar-refractivity contribution < 1.29 is 14.6 Å². The number of aliphatic hydroxyl groups excluding tert-OH is 1. The first-order valence-electron chi connectivity index (χ1n) is 9.05. The molecule has 1 heterocycles. The van der Waals surface area contributed by atoms with Crippen LogP contribution in [0.25, 0.3) is 0 Å². The van der Waals surface area contributed by atoms with Crippen molar-refractivity contribution in [2.45, 2.75) is 32.0 Å². The maximum absolute atomic E-state index is 12.2. The average Bonchev–Trinajstić information content (AvgIpc) is 3.19. The summed E-state index contributed by atoms with van der Waals surface area (Å²) in [6.07, 6.45) is 1.37. The van der Waals surface area contributed by atoms with Gasteiger partial charge in [-0.3, -0.25) is 9.69 Å². The van der Waals surface area contributed by atoms with E-state index in [9.17, 15) is 9.90 Å². The minimum Gasteiger partial charge on any atom is -0.497 e. The summed E-state index contributed by atoms with van der Waals surface area (Å²) < 4.78 is 5.09. The van der Waals surface area contributed by atoms with Gasteiger partial charge in [0, 0.05) is 13.1 Å². The fourth-order valence-electron chi connectivity index (χ4n) is 3.26. The summed E-state index contributed by atoms with van der Waals surface area (Å²) in [6.45, 7) is 3.68. The quantitative estimate of drug-likeness (QED) is 0.802. The topological polar surface area (TPSA) is 61.8 Å². The second-order valence-electron chi connectivity index (χ2n) is 6.70. The Hall–Kier alpha value is -2.37. The first-order valence-corrected chi connectivity index (χ1v) is 9.05. The molecule has 5 heteroatoms. The number of carbonyl (C=O) groups excluding carboxylic acids is 1. The number of benzene rings is 2. The minimum absolute atomic E-state index is 0.403. The molecule has 2 aromatic carbocycles. The zero-order valence-electron chi connectivity index (χ0n) is 15.1. The van der Waals surface area contributed by atoms with E-state index >= 15 is 0 Å². The number of hydrogen-bond donors (Lipinski definition) is 2. The molecule has 0 unspecified atom stereocenters. The molecule has 1 fully saturated rings. The molecule has 1 aliphatic rings. The lowest BCUT2D eigenvalue weighted by Gasteiger charge is -2.16. The molecule has 0 aliphatic carbocycles. The summed E-state index contributed by atoms with van der Waals surface area (Å²) in [5.41, 5.74) is 2.84. The molecule has 0 spiro atoms. The largest absolute Gasteiger partial charge is 0.497 e. The van der Waals surface area contributed by atoms with E-state index in [1.54, 1.807) is 31.4 Å². The van der Waals surface area contributed by atoms with E-state index in [-0.39, 0.29) is 0 Å². The van der Waals surface area contributed by atoms with Gasteiger partial charge in [0.1, 0.15) is 5.75 Å². The van der Waals surface area contributed by atoms with E-state index in [4.69, 9.17) is 4.74 Å². The van der Waals surface area contributed by atoms with Crippen molar-refractivity contribution in [3.63, 3.8) is 0 Å². The second-order valence-corrected chi connectivity index (χ2v) is 6.70. The van der Waals surface area contributed by atoms with Crippen molar-refractivity contribution >= 4 is 5.91 Å². The number of likely N-dealkylation sites (tertiary alicyclic amines) is 1. The van der Waals surface area contributed by atoms with Gasteiger partial charge in [-0.1, -0.05) is 36.4 Å². The van der Waals surface area contributed by atoms with Crippen LogP contribution in [0.3, 0.4) is 0 Å². The molecule has 1 aliphatic heterocycles. The highest BCUT2D eigenvalue weighted by atomic mass is 16.5. The fraction of sp³-hybridized carbons (Fsp3) is 0.381. The molecule has 1 saturated heterocycles. The highest BCUT2D eigenvalue weighted by molar-refractivity contribution is 5.81. The predicted octanol–water partition coefficient (Wildman–Crippen LogP) is 2.64. The maximum atomic E-state index is 12.2. The summed E-state index contributed by atoms with van der Waals surface area (Å²) >= 11 is 0. The molecule has 26 heavy (non-hydrogen) atoms. The van der Waals surface area contributed by atoms with E-state index in [1.165, 1.54) is 18.4 Å². The van der Waals surface area contributed by atoms with Crippen molar-refractivity contribution in [1.29, 1.82) is 0 Å². The first-order chi connectivity index (χ1) is 12.7. The van der Waals surface area contributed by atoms with Gasteiger partial charge in [-0.25, -0.2) is 0 Å². The van der Waals surface area contributed by atoms with Gasteiger partial charge in [-0.15, -0.1) is 0 Å². The van der Waals surface area contributed by atoms with Crippen LogP contribution in [0.5, 0.6) is 5.75 Å². The van der Waals surface area contributed by atoms with E-state index in [0.29, 0.717) is 17.9 Å². The molecule has 0 bridgehead atoms. The number of rotatable bonds is 7. The molecule has 1 atom stereocenters. The highest BCUT2D eigenvalue weighted by Crippen LogP contribution is 2.18. The fourth-order valence-corrected chi connectivity index (χ4v) is 3.26. The molecule has 138 valence electrons. The lowest BCUT2D eigenvalue weighted by molar-refractivity contribution is -0.129. The van der Waals surface area contributed by atoms with Crippen LogP contribution in [-0.4, -0.2) is 36.1 Å². The Morgan fingerprint density at radius 1 is 1.15 bits per heavy atom. The van der Waals surface area contributed by atoms with Crippen molar-refractivity contribution in [2.24, 2.45) is 0 Å². The Kier molecular flexibility index (Phi) is 6.26. The molecule has 0 radical (unpaired) electrons. The summed E-state index contributed by atoms with van der Waals surface area (Å²) in [5.74, 6) is 0.288. The van der Waals surface area contributed by atoms with Gasteiger partial charge in [0.15, 0.2) is 6.10 Å². The third kappa shape index (κ3) is 4.84. The van der Waals surface area contributed by atoms with Crippen LogP contribution in [0, 0.1) is 0 Å². The first kappa shape index (κ1) is 18.4. The number of aliphatic hydroxyl groups is 1. The molecule has 5 nitrogen and oxygen atoms in total. The van der Waals surface area contributed by atoms with E-state index in [0.717, 1.165) is 25.2 Å². The third-order valence-electron chi connectivity index (χ3n) is 4.74. The number of methoxy groups -OCH3 is 1. The Bertz CT molecular complexity index is 724. The number of hydrogen-bond acceptors (Lipinski definition) is 4. The Labute approximate surface area is 154 Å². The second kappa shape index (κ2) is 8.83. The number of nitrogens with one attached hydrogen (secondary N) is 1. The Morgan fingerprint density at radius 2 is 1.85 bits per heavy atom. The maximum Gasteiger partial charge on any atom is 0.253 e. The lowest BCUT2D eigenvalue weighted by atomic mass is 10.1. The summed E-state index contributed by atoms with van der Waals surface area (Å²) in [4.78, 5) is 14.7. The van der Waals surface area contributed by atoms with Crippen LogP contribution in [-0.2, 0) is 17.9 Å². The molecule has 2 N–H and O–H groups in total. The average molecular weight is 354 g/mol. The van der Waals surface area contributed by atoms with E-state index in [1.807, 2.05) is 12.1 Å². The van der Waals surface area contributed by atoms with Crippen molar-refractivity contribution in [3.8, 4) is 5.75 Å². The van der Waals surface area contributed by atoms with Gasteiger partial charge >= 0.3 is 0 Å². The summed E-state index contributed by atoms with van der Waals surface area (Å²) in [7, 11) is 1.58. The van der Waals surface area contributed by atoms with Crippen LogP contribution in [0.2, 0.25) is 0 Å². The molecule has 3 rings (SSSR count). The zero-order valence-corrected chi connectivity index (χ0v) is 15.1. The van der Waals surface area contributed by atoms with Crippen molar-refractivity contribution in [1.82, 2.24) is 10.2 Å². The minimum atomic E-state index is -1.19. The third-order valence-corrected chi connectivity index (χ3v) is 4.74. The van der Waals surface area contributed by atoms with Gasteiger partial charge in [-0.05, 0) is 54.8 Å². The van der Waals surface area contributed by atoms with E-state index < -0.39 is 12.0 Å². The van der Waals surface area contributed by atoms with E-state index in [2.05, 4.69) is 22.3 Å². The molecule has 2 aromatic rings. The van der Waals surface area contributed by atoms with Gasteiger partial charge in [0.2, 0.25) is 0 Å². The van der Waals surface area contributed by atoms with Gasteiger partial charge in [0.05, 0.1) is 7.11 Å². The lowest BCUT2D eigenvalue weighted by Crippen LogP contribution is -2.28. The number of carbonyl (C=O) groups is 1. The van der Waals surface area contributed by atoms with Crippen LogP contribution >= 0.6 is 0 Å². The normalized spacial score (nSPS) is 15.6. The predicted molar refractivity (Wildman–Crippen MR) is 101 cm³/mol. The van der Waals surface area contributed by atoms with Crippen molar-refractivity contribution in [3.05, 3.63) is 65.2 Å². The molecule has 0 aromatic heterocycles. The highest BCUT2D eigenvalue weighted by Gasteiger charge is 2.17. The van der Waals surface area contributed by atoms with Gasteiger partial charge in [0.25, 0.3) is 5.91 Å². The van der Waals surface area contributed by atoms with Crippen molar-refractivity contribution in [2.75, 3.05) is 20.2 Å². The molecular weight excluding hydrogens is 328 g/mol. The Balaban J connectivity index is 1.54. The Morgan fingerprint density at radius 3 is 2.54 bits per heavy atom. The molecular formula is C21H26N2O3. The summed E-state index contributed by atoms with van der Waals surface area (Å²) in [5, 5.41) is 13.0. The number of ether oxygens (including phenoxy) is 1. The number of amides is 1. The van der Waals surface area contributed by atoms with Crippen LogP contribution < -0.4 is 10.1 Å². The van der Waals surface area contributed by atoms with Gasteiger partial charge < -0.3 is 15.2 Å². The monoisotopic (exact) mass is 354 g/mol.